The Hall–Kier alpha value is -2.54. The fourth-order valence-electron chi connectivity index (χ4n) is 3.41. The van der Waals surface area contributed by atoms with Gasteiger partial charge < -0.3 is 11.1 Å². The molecule has 1 aromatic carbocycles. The SMILES string of the molecule is Nc1cnc2c(ccn2S(=O)(=O)c2ccccc2)c1NC1CC[CH]CC1. The van der Waals surface area contributed by atoms with Crippen molar-refractivity contribution in [1.29, 1.82) is 0 Å². The second-order valence-corrected chi connectivity index (χ2v) is 8.36. The van der Waals surface area contributed by atoms with E-state index in [9.17, 15) is 8.42 Å². The summed E-state index contributed by atoms with van der Waals surface area (Å²) in [5.41, 5.74) is 7.82. The van der Waals surface area contributed by atoms with Crippen LogP contribution < -0.4 is 11.1 Å². The molecular weight excluding hydrogens is 348 g/mol. The molecule has 2 aromatic heterocycles. The second-order valence-electron chi connectivity index (χ2n) is 6.54. The highest BCUT2D eigenvalue weighted by Crippen LogP contribution is 2.32. The molecule has 0 bridgehead atoms. The van der Waals surface area contributed by atoms with E-state index < -0.39 is 10.0 Å². The summed E-state index contributed by atoms with van der Waals surface area (Å²) in [6, 6.07) is 10.5. The molecule has 26 heavy (non-hydrogen) atoms. The molecular formula is C19H21N4O2S. The Balaban J connectivity index is 1.78. The summed E-state index contributed by atoms with van der Waals surface area (Å²) < 4.78 is 27.1. The fraction of sp³-hybridized carbons (Fsp3) is 0.263. The lowest BCUT2D eigenvalue weighted by molar-refractivity contribution is 0.535. The predicted octanol–water partition coefficient (Wildman–Crippen LogP) is 3.41. The summed E-state index contributed by atoms with van der Waals surface area (Å²) in [6.45, 7) is 0. The van der Waals surface area contributed by atoms with E-state index in [0.717, 1.165) is 36.8 Å². The highest BCUT2D eigenvalue weighted by atomic mass is 32.2. The first-order valence-electron chi connectivity index (χ1n) is 8.72. The number of aromatic nitrogens is 2. The molecule has 1 fully saturated rings. The van der Waals surface area contributed by atoms with Crippen LogP contribution in [0.25, 0.3) is 11.0 Å². The normalized spacial score (nSPS) is 16.0. The van der Waals surface area contributed by atoms with Crippen molar-refractivity contribution in [1.82, 2.24) is 8.96 Å². The van der Waals surface area contributed by atoms with Crippen molar-refractivity contribution < 1.29 is 8.42 Å². The fourth-order valence-corrected chi connectivity index (χ4v) is 4.74. The zero-order valence-corrected chi connectivity index (χ0v) is 15.1. The number of rotatable bonds is 4. The third-order valence-electron chi connectivity index (χ3n) is 4.80. The van der Waals surface area contributed by atoms with Crippen LogP contribution in [-0.4, -0.2) is 23.4 Å². The number of anilines is 2. The van der Waals surface area contributed by atoms with Crippen LogP contribution in [0.4, 0.5) is 11.4 Å². The van der Waals surface area contributed by atoms with Gasteiger partial charge in [-0.25, -0.2) is 17.4 Å². The molecule has 7 heteroatoms. The Bertz CT molecular complexity index is 1020. The maximum atomic E-state index is 13.0. The number of fused-ring (bicyclic) bond motifs is 1. The lowest BCUT2D eigenvalue weighted by Crippen LogP contribution is -2.23. The summed E-state index contributed by atoms with van der Waals surface area (Å²) in [5.74, 6) is 0. The third kappa shape index (κ3) is 2.92. The van der Waals surface area contributed by atoms with Crippen molar-refractivity contribution in [2.75, 3.05) is 11.1 Å². The van der Waals surface area contributed by atoms with Crippen LogP contribution in [0.1, 0.15) is 25.7 Å². The first-order valence-corrected chi connectivity index (χ1v) is 10.2. The van der Waals surface area contributed by atoms with Gasteiger partial charge in [0.25, 0.3) is 10.0 Å². The minimum atomic E-state index is -3.70. The van der Waals surface area contributed by atoms with Gasteiger partial charge in [-0.05, 0) is 50.3 Å². The number of nitrogens with one attached hydrogen (secondary N) is 1. The lowest BCUT2D eigenvalue weighted by Gasteiger charge is -2.24. The summed E-state index contributed by atoms with van der Waals surface area (Å²) in [5, 5.41) is 4.22. The largest absolute Gasteiger partial charge is 0.396 e. The molecule has 0 amide bonds. The Morgan fingerprint density at radius 2 is 1.85 bits per heavy atom. The van der Waals surface area contributed by atoms with E-state index >= 15 is 0 Å². The molecule has 1 saturated carbocycles. The van der Waals surface area contributed by atoms with Gasteiger partial charge in [0.2, 0.25) is 0 Å². The Kier molecular flexibility index (Phi) is 4.32. The molecule has 0 saturated heterocycles. The number of hydrogen-bond donors (Lipinski definition) is 2. The third-order valence-corrected chi connectivity index (χ3v) is 6.48. The van der Waals surface area contributed by atoms with Gasteiger partial charge in [0.05, 0.1) is 22.5 Å². The van der Waals surface area contributed by atoms with E-state index in [1.165, 1.54) is 10.2 Å². The molecule has 4 rings (SSSR count). The van der Waals surface area contributed by atoms with Crippen LogP contribution in [0.2, 0.25) is 0 Å². The summed E-state index contributed by atoms with van der Waals surface area (Å²) in [7, 11) is -3.70. The molecule has 6 nitrogen and oxygen atoms in total. The molecule has 1 aliphatic rings. The van der Waals surface area contributed by atoms with E-state index in [0.29, 0.717) is 17.4 Å². The maximum absolute atomic E-state index is 13.0. The van der Waals surface area contributed by atoms with Gasteiger partial charge >= 0.3 is 0 Å². The van der Waals surface area contributed by atoms with E-state index in [-0.39, 0.29) is 4.90 Å². The molecule has 3 N–H and O–H groups in total. The van der Waals surface area contributed by atoms with Crippen LogP contribution in [0, 0.1) is 6.42 Å². The molecule has 2 heterocycles. The van der Waals surface area contributed by atoms with E-state index in [1.54, 1.807) is 42.6 Å². The van der Waals surface area contributed by atoms with E-state index in [2.05, 4.69) is 16.7 Å². The van der Waals surface area contributed by atoms with Gasteiger partial charge in [-0.3, -0.25) is 0 Å². The highest BCUT2D eigenvalue weighted by molar-refractivity contribution is 7.90. The first-order chi connectivity index (χ1) is 12.6. The van der Waals surface area contributed by atoms with Crippen molar-refractivity contribution in [2.24, 2.45) is 0 Å². The average Bonchev–Trinajstić information content (AvgIpc) is 3.11. The van der Waals surface area contributed by atoms with Gasteiger partial charge in [0.1, 0.15) is 0 Å². The Labute approximate surface area is 153 Å². The van der Waals surface area contributed by atoms with Gasteiger partial charge in [-0.15, -0.1) is 0 Å². The minimum absolute atomic E-state index is 0.230. The maximum Gasteiger partial charge on any atom is 0.269 e. The number of nitrogens with two attached hydrogens (primary N) is 1. The first kappa shape index (κ1) is 16.9. The second kappa shape index (κ2) is 6.64. The number of pyridine rings is 1. The molecule has 135 valence electrons. The number of hydrogen-bond acceptors (Lipinski definition) is 5. The van der Waals surface area contributed by atoms with Crippen molar-refractivity contribution in [2.45, 2.75) is 36.6 Å². The Morgan fingerprint density at radius 3 is 2.58 bits per heavy atom. The minimum Gasteiger partial charge on any atom is -0.396 e. The van der Waals surface area contributed by atoms with Gasteiger partial charge in [0.15, 0.2) is 5.65 Å². The topological polar surface area (TPSA) is 90.0 Å². The van der Waals surface area contributed by atoms with Gasteiger partial charge in [0, 0.05) is 17.6 Å². The van der Waals surface area contributed by atoms with Crippen molar-refractivity contribution in [3.63, 3.8) is 0 Å². The number of nitrogen functional groups attached to an aromatic ring is 1. The molecule has 3 aromatic rings. The van der Waals surface area contributed by atoms with Crippen LogP contribution in [0.5, 0.6) is 0 Å². The Morgan fingerprint density at radius 1 is 1.12 bits per heavy atom. The molecule has 1 aliphatic carbocycles. The van der Waals surface area contributed by atoms with E-state index in [4.69, 9.17) is 5.73 Å². The monoisotopic (exact) mass is 369 g/mol. The number of nitrogens with zero attached hydrogens (tertiary/aromatic N) is 2. The highest BCUT2D eigenvalue weighted by Gasteiger charge is 2.22. The van der Waals surface area contributed by atoms with Crippen LogP contribution in [0.15, 0.2) is 53.7 Å². The summed E-state index contributed by atoms with van der Waals surface area (Å²) >= 11 is 0. The van der Waals surface area contributed by atoms with Crippen LogP contribution >= 0.6 is 0 Å². The molecule has 0 aliphatic heterocycles. The summed E-state index contributed by atoms with van der Waals surface area (Å²) in [4.78, 5) is 4.53. The standard InChI is InChI=1S/C19H21N4O2S/c20-17-13-21-19-16(18(17)22-14-7-3-1-4-8-14)11-12-23(19)26(24,25)15-9-5-2-6-10-15/h1-2,5-6,9-14H,3-4,7-8,20H2,(H,21,22). The van der Waals surface area contributed by atoms with E-state index in [1.807, 2.05) is 0 Å². The lowest BCUT2D eigenvalue weighted by atomic mass is 9.95. The van der Waals surface area contributed by atoms with Gasteiger partial charge in [-0.2, -0.15) is 0 Å². The zero-order chi connectivity index (χ0) is 18.1. The molecule has 0 spiro atoms. The zero-order valence-electron chi connectivity index (χ0n) is 14.3. The number of benzene rings is 1. The van der Waals surface area contributed by atoms with Gasteiger partial charge in [-0.1, -0.05) is 18.2 Å². The molecule has 0 atom stereocenters. The average molecular weight is 369 g/mol. The molecule has 0 unspecified atom stereocenters. The summed E-state index contributed by atoms with van der Waals surface area (Å²) in [6.07, 6.45) is 9.62. The predicted molar refractivity (Wildman–Crippen MR) is 103 cm³/mol. The molecule has 1 radical (unpaired) electrons. The van der Waals surface area contributed by atoms with Crippen molar-refractivity contribution in [3.8, 4) is 0 Å². The van der Waals surface area contributed by atoms with Crippen LogP contribution in [-0.2, 0) is 10.0 Å². The quantitative estimate of drug-likeness (QED) is 0.735. The van der Waals surface area contributed by atoms with Crippen LogP contribution in [0.3, 0.4) is 0 Å². The van der Waals surface area contributed by atoms with Crippen molar-refractivity contribution >= 4 is 32.4 Å². The van der Waals surface area contributed by atoms with Crippen molar-refractivity contribution in [3.05, 3.63) is 55.2 Å². The smallest absolute Gasteiger partial charge is 0.269 e.